The number of likely N-dealkylation sites (N-methyl/N-ethyl adjacent to an activating group) is 2. The van der Waals surface area contributed by atoms with Crippen LogP contribution in [0, 0.1) is 17.0 Å². The van der Waals surface area contributed by atoms with E-state index < -0.39 is 0 Å². The van der Waals surface area contributed by atoms with Gasteiger partial charge in [-0.05, 0) is 57.1 Å². The molecular formula is C30H32N8O3. The van der Waals surface area contributed by atoms with Crippen LogP contribution in [0.15, 0.2) is 59.5 Å². The second-order valence-electron chi connectivity index (χ2n) is 10.7. The van der Waals surface area contributed by atoms with E-state index in [0.717, 1.165) is 48.1 Å². The number of hydrogen-bond donors (Lipinski definition) is 1. The molecule has 1 aliphatic rings. The Bertz CT molecular complexity index is 1740. The molecule has 0 bridgehead atoms. The summed E-state index contributed by atoms with van der Waals surface area (Å²) in [5, 5.41) is 16.4. The topological polar surface area (TPSA) is 118 Å². The monoisotopic (exact) mass is 552 g/mol. The molecule has 2 aromatic carbocycles. The summed E-state index contributed by atoms with van der Waals surface area (Å²) < 4.78 is 8.08. The van der Waals surface area contributed by atoms with Crippen molar-refractivity contribution in [2.24, 2.45) is 0 Å². The van der Waals surface area contributed by atoms with Crippen molar-refractivity contribution in [2.75, 3.05) is 44.4 Å². The Morgan fingerprint density at radius 2 is 1.98 bits per heavy atom. The molecule has 5 aromatic rings. The van der Waals surface area contributed by atoms with Gasteiger partial charge in [0.15, 0.2) is 0 Å². The fraction of sp³-hybridized carbons (Fsp3) is 0.300. The van der Waals surface area contributed by atoms with Gasteiger partial charge < -0.3 is 24.1 Å². The molecule has 0 fully saturated rings. The zero-order chi connectivity index (χ0) is 28.7. The van der Waals surface area contributed by atoms with Crippen molar-refractivity contribution in [1.29, 1.82) is 0 Å². The average Bonchev–Trinajstić information content (AvgIpc) is 3.60. The van der Waals surface area contributed by atoms with E-state index in [9.17, 15) is 10.1 Å². The van der Waals surface area contributed by atoms with E-state index in [1.807, 2.05) is 50.0 Å². The van der Waals surface area contributed by atoms with Crippen LogP contribution in [-0.4, -0.2) is 63.6 Å². The van der Waals surface area contributed by atoms with Crippen LogP contribution >= 0.6 is 0 Å². The molecule has 0 radical (unpaired) electrons. The third-order valence-electron chi connectivity index (χ3n) is 7.60. The fourth-order valence-electron chi connectivity index (χ4n) is 5.58. The quantitative estimate of drug-likeness (QED) is 0.183. The summed E-state index contributed by atoms with van der Waals surface area (Å²) in [6, 6.07) is 11.6. The van der Waals surface area contributed by atoms with Crippen LogP contribution < -0.4 is 10.2 Å². The highest BCUT2D eigenvalue weighted by molar-refractivity contribution is 6.04. The van der Waals surface area contributed by atoms with E-state index in [4.69, 9.17) is 9.40 Å². The maximum absolute atomic E-state index is 12.0. The molecule has 3 aromatic heterocycles. The minimum Gasteiger partial charge on any atom is -0.443 e. The lowest BCUT2D eigenvalue weighted by atomic mass is 10.0. The molecule has 11 nitrogen and oxygen atoms in total. The Hall–Kier alpha value is -4.77. The molecule has 4 heterocycles. The largest absolute Gasteiger partial charge is 0.443 e. The van der Waals surface area contributed by atoms with E-state index in [0.29, 0.717) is 35.5 Å². The Kier molecular flexibility index (Phi) is 6.88. The molecule has 0 saturated carbocycles. The van der Waals surface area contributed by atoms with Gasteiger partial charge >= 0.3 is 0 Å². The number of nitrogens with zero attached hydrogens (tertiary/aromatic N) is 7. The predicted molar refractivity (Wildman–Crippen MR) is 160 cm³/mol. The molecule has 0 amide bonds. The summed E-state index contributed by atoms with van der Waals surface area (Å²) in [7, 11) is 5.83. The number of oxazole rings is 1. The van der Waals surface area contributed by atoms with Crippen molar-refractivity contribution < 1.29 is 9.34 Å². The minimum absolute atomic E-state index is 0.0238. The Labute approximate surface area is 237 Å². The first kappa shape index (κ1) is 26.5. The molecule has 0 unspecified atom stereocenters. The lowest BCUT2D eigenvalue weighted by Gasteiger charge is -2.22. The smallest absolute Gasteiger partial charge is 0.294 e. The molecule has 1 N–H and O–H groups in total. The Morgan fingerprint density at radius 1 is 1.12 bits per heavy atom. The van der Waals surface area contributed by atoms with Crippen molar-refractivity contribution >= 4 is 33.9 Å². The van der Waals surface area contributed by atoms with Crippen LogP contribution in [0.2, 0.25) is 0 Å². The van der Waals surface area contributed by atoms with Crippen LogP contribution in [0.1, 0.15) is 17.5 Å². The van der Waals surface area contributed by atoms with E-state index in [1.165, 1.54) is 11.1 Å². The molecule has 210 valence electrons. The highest BCUT2D eigenvalue weighted by Gasteiger charge is 2.27. The first-order valence-electron chi connectivity index (χ1n) is 13.6. The molecule has 11 heteroatoms. The van der Waals surface area contributed by atoms with E-state index in [2.05, 4.69) is 38.1 Å². The van der Waals surface area contributed by atoms with Crippen LogP contribution in [-0.2, 0) is 13.0 Å². The zero-order valence-electron chi connectivity index (χ0n) is 23.6. The number of aryl methyl sites for hydroxylation is 3. The SMILES string of the molecule is Cc1cc(N(C)CCN(C)C)c([N+](=O)[O-])cc1Nc1nccc(-c2c(-c3ncco3)n3c4c(cccc24)CCC3)n1. The Morgan fingerprint density at radius 3 is 2.73 bits per heavy atom. The lowest BCUT2D eigenvalue weighted by molar-refractivity contribution is -0.384. The van der Waals surface area contributed by atoms with Crippen LogP contribution in [0.3, 0.4) is 0 Å². The molecular weight excluding hydrogens is 520 g/mol. The number of aromatic nitrogens is 4. The van der Waals surface area contributed by atoms with Gasteiger partial charge in [-0.1, -0.05) is 18.2 Å². The van der Waals surface area contributed by atoms with Crippen molar-refractivity contribution in [3.63, 3.8) is 0 Å². The molecule has 1 aliphatic heterocycles. The molecule has 41 heavy (non-hydrogen) atoms. The number of anilines is 3. The van der Waals surface area contributed by atoms with E-state index >= 15 is 0 Å². The standard InChI is InChI=1S/C30H32N8O3/c1-19-17-24(36(4)15-14-35(2)3)25(38(39)40)18-23(19)34-30-32-11-10-22(33-30)26-21-9-5-7-20-8-6-13-37(27(20)21)28(26)29-31-12-16-41-29/h5,7,9-12,16-18H,6,8,13-15H2,1-4H3,(H,32,33,34). The normalized spacial score (nSPS) is 12.7. The number of nitro benzene ring substituents is 1. The average molecular weight is 553 g/mol. The summed E-state index contributed by atoms with van der Waals surface area (Å²) in [6.45, 7) is 4.22. The molecule has 0 atom stereocenters. The molecule has 0 saturated heterocycles. The van der Waals surface area contributed by atoms with Gasteiger partial charge in [-0.3, -0.25) is 10.1 Å². The summed E-state index contributed by atoms with van der Waals surface area (Å²) in [6.07, 6.45) is 6.98. The van der Waals surface area contributed by atoms with Gasteiger partial charge in [0.25, 0.3) is 5.69 Å². The van der Waals surface area contributed by atoms with Crippen LogP contribution in [0.5, 0.6) is 0 Å². The van der Waals surface area contributed by atoms with Gasteiger partial charge in [0.1, 0.15) is 17.6 Å². The Balaban J connectivity index is 1.41. The van der Waals surface area contributed by atoms with Crippen molar-refractivity contribution in [3.8, 4) is 22.8 Å². The van der Waals surface area contributed by atoms with E-state index in [-0.39, 0.29) is 10.6 Å². The number of rotatable bonds is 9. The molecule has 6 rings (SSSR count). The third-order valence-corrected chi connectivity index (χ3v) is 7.60. The van der Waals surface area contributed by atoms with Crippen LogP contribution in [0.4, 0.5) is 23.0 Å². The summed E-state index contributed by atoms with van der Waals surface area (Å²) in [5.74, 6) is 0.886. The van der Waals surface area contributed by atoms with Crippen molar-refractivity contribution in [1.82, 2.24) is 24.4 Å². The van der Waals surface area contributed by atoms with Gasteiger partial charge in [0.2, 0.25) is 11.8 Å². The molecule has 0 aliphatic carbocycles. The van der Waals surface area contributed by atoms with Gasteiger partial charge in [-0.15, -0.1) is 0 Å². The summed E-state index contributed by atoms with van der Waals surface area (Å²) in [5.41, 5.74) is 7.02. The number of para-hydroxylation sites is 1. The zero-order valence-corrected chi connectivity index (χ0v) is 23.6. The van der Waals surface area contributed by atoms with Gasteiger partial charge in [0, 0.05) is 49.9 Å². The van der Waals surface area contributed by atoms with Gasteiger partial charge in [0.05, 0.1) is 28.0 Å². The first-order chi connectivity index (χ1) is 19.8. The summed E-state index contributed by atoms with van der Waals surface area (Å²) in [4.78, 5) is 29.5. The van der Waals surface area contributed by atoms with E-state index in [1.54, 1.807) is 24.7 Å². The van der Waals surface area contributed by atoms with Gasteiger partial charge in [-0.2, -0.15) is 0 Å². The fourth-order valence-corrected chi connectivity index (χ4v) is 5.58. The third kappa shape index (κ3) is 4.89. The second kappa shape index (κ2) is 10.7. The molecule has 0 spiro atoms. The first-order valence-corrected chi connectivity index (χ1v) is 13.6. The number of benzene rings is 2. The van der Waals surface area contributed by atoms with Gasteiger partial charge in [-0.25, -0.2) is 15.0 Å². The highest BCUT2D eigenvalue weighted by atomic mass is 16.6. The predicted octanol–water partition coefficient (Wildman–Crippen LogP) is 5.66. The van der Waals surface area contributed by atoms with Crippen LogP contribution in [0.25, 0.3) is 33.7 Å². The highest BCUT2D eigenvalue weighted by Crippen LogP contribution is 2.43. The number of nitro groups is 1. The lowest BCUT2D eigenvalue weighted by Crippen LogP contribution is -2.29. The summed E-state index contributed by atoms with van der Waals surface area (Å²) >= 11 is 0. The minimum atomic E-state index is -0.347. The van der Waals surface area contributed by atoms with Crippen molar-refractivity contribution in [2.45, 2.75) is 26.3 Å². The number of nitrogens with one attached hydrogen (secondary N) is 1. The maximum atomic E-state index is 12.0. The van der Waals surface area contributed by atoms with Crippen molar-refractivity contribution in [3.05, 3.63) is 76.3 Å². The number of hydrogen-bond acceptors (Lipinski definition) is 9. The second-order valence-corrected chi connectivity index (χ2v) is 10.7. The maximum Gasteiger partial charge on any atom is 0.294 e.